The maximum Gasteiger partial charge on any atom is 0.410 e. The van der Waals surface area contributed by atoms with Crippen LogP contribution in [0.3, 0.4) is 0 Å². The van der Waals surface area contributed by atoms with Crippen LogP contribution >= 0.6 is 0 Å². The van der Waals surface area contributed by atoms with E-state index in [-0.39, 0.29) is 18.0 Å². The van der Waals surface area contributed by atoms with Crippen molar-refractivity contribution in [2.75, 3.05) is 46.4 Å². The number of carbonyl (C=O) groups excluding carboxylic acids is 2. The van der Waals surface area contributed by atoms with Crippen LogP contribution in [-0.4, -0.2) is 84.7 Å². The average Bonchev–Trinajstić information content (AvgIpc) is 3.00. The predicted octanol–water partition coefficient (Wildman–Crippen LogP) is 2.41. The topological polar surface area (TPSA) is 62.3 Å². The summed E-state index contributed by atoms with van der Waals surface area (Å²) in [5.41, 5.74) is 0.474. The number of rotatable bonds is 6. The monoisotopic (exact) mass is 391 g/mol. The Bertz CT molecular complexity index is 628. The summed E-state index contributed by atoms with van der Waals surface area (Å²) in [4.78, 5) is 30.8. The van der Waals surface area contributed by atoms with Crippen molar-refractivity contribution in [1.82, 2.24) is 14.7 Å². The third-order valence-corrected chi connectivity index (χ3v) is 4.84. The summed E-state index contributed by atoms with van der Waals surface area (Å²) in [6.07, 6.45) is 7.57. The lowest BCUT2D eigenvalue weighted by Gasteiger charge is -2.37. The van der Waals surface area contributed by atoms with E-state index in [0.29, 0.717) is 32.7 Å². The fourth-order valence-corrected chi connectivity index (χ4v) is 3.41. The molecule has 7 heteroatoms. The molecule has 0 spiro atoms. The van der Waals surface area contributed by atoms with Crippen LogP contribution in [-0.2, 0) is 14.3 Å². The van der Waals surface area contributed by atoms with E-state index in [1.165, 1.54) is 0 Å². The minimum absolute atomic E-state index is 0.110. The van der Waals surface area contributed by atoms with Crippen molar-refractivity contribution >= 4 is 12.0 Å². The van der Waals surface area contributed by atoms with Crippen LogP contribution in [0.15, 0.2) is 36.6 Å². The second-order valence-electron chi connectivity index (χ2n) is 8.08. The van der Waals surface area contributed by atoms with Crippen molar-refractivity contribution < 1.29 is 19.1 Å². The van der Waals surface area contributed by atoms with Crippen molar-refractivity contribution in [2.24, 2.45) is 0 Å². The van der Waals surface area contributed by atoms with Gasteiger partial charge >= 0.3 is 6.09 Å². The molecule has 7 nitrogen and oxygen atoms in total. The highest BCUT2D eigenvalue weighted by Crippen LogP contribution is 2.21. The van der Waals surface area contributed by atoms with Gasteiger partial charge in [-0.15, -0.1) is 0 Å². The second-order valence-corrected chi connectivity index (χ2v) is 8.08. The van der Waals surface area contributed by atoms with Crippen LogP contribution in [0.5, 0.6) is 0 Å². The van der Waals surface area contributed by atoms with Crippen LogP contribution < -0.4 is 0 Å². The summed E-state index contributed by atoms with van der Waals surface area (Å²) in [6, 6.07) is -0.110. The van der Waals surface area contributed by atoms with Gasteiger partial charge in [0.15, 0.2) is 0 Å². The zero-order valence-electron chi connectivity index (χ0n) is 17.5. The maximum absolute atomic E-state index is 12.9. The molecule has 28 heavy (non-hydrogen) atoms. The van der Waals surface area contributed by atoms with Gasteiger partial charge in [-0.3, -0.25) is 9.69 Å². The molecule has 2 rings (SSSR count). The minimum atomic E-state index is -0.495. The van der Waals surface area contributed by atoms with Gasteiger partial charge in [-0.1, -0.05) is 18.7 Å². The molecule has 0 aromatic carbocycles. The number of carbonyl (C=O) groups is 2. The first-order chi connectivity index (χ1) is 13.2. The molecule has 156 valence electrons. The number of methoxy groups -OCH3 is 1. The summed E-state index contributed by atoms with van der Waals surface area (Å²) < 4.78 is 10.3. The van der Waals surface area contributed by atoms with Gasteiger partial charge in [-0.2, -0.15) is 0 Å². The predicted molar refractivity (Wildman–Crippen MR) is 109 cm³/mol. The molecule has 2 amide bonds. The number of amides is 2. The normalized spacial score (nSPS) is 22.1. The van der Waals surface area contributed by atoms with Crippen molar-refractivity contribution in [3.63, 3.8) is 0 Å². The summed E-state index contributed by atoms with van der Waals surface area (Å²) in [5.74, 6) is 0.147. The van der Waals surface area contributed by atoms with Gasteiger partial charge in [0.05, 0.1) is 19.4 Å². The first kappa shape index (κ1) is 22.0. The van der Waals surface area contributed by atoms with Crippen LogP contribution in [0.1, 0.15) is 27.2 Å². The molecular formula is C21H33N3O4. The Morgan fingerprint density at radius 1 is 1.21 bits per heavy atom. The second kappa shape index (κ2) is 9.78. The molecular weight excluding hydrogens is 358 g/mol. The summed E-state index contributed by atoms with van der Waals surface area (Å²) in [7, 11) is 1.59. The highest BCUT2D eigenvalue weighted by molar-refractivity contribution is 5.84. The lowest BCUT2D eigenvalue weighted by atomic mass is 10.1. The Hall–Kier alpha value is -2.28. The first-order valence-electron chi connectivity index (χ1n) is 9.77. The Balaban J connectivity index is 1.87. The Labute approximate surface area is 168 Å². The Morgan fingerprint density at radius 2 is 1.89 bits per heavy atom. The lowest BCUT2D eigenvalue weighted by Crippen LogP contribution is -2.54. The number of likely N-dealkylation sites (tertiary alicyclic amines) is 1. The quantitative estimate of drug-likeness (QED) is 0.514. The molecule has 0 N–H and O–H groups in total. The fraction of sp³-hybridized carbons (Fsp3) is 0.619. The number of allylic oxidation sites excluding steroid dienone is 2. The number of hydrogen-bond donors (Lipinski definition) is 0. The van der Waals surface area contributed by atoms with Gasteiger partial charge in [0.25, 0.3) is 0 Å². The first-order valence-corrected chi connectivity index (χ1v) is 9.77. The third kappa shape index (κ3) is 6.12. The van der Waals surface area contributed by atoms with Gasteiger partial charge < -0.3 is 19.3 Å². The van der Waals surface area contributed by atoms with Crippen LogP contribution in [0.4, 0.5) is 4.79 Å². The number of nitrogens with zero attached hydrogens (tertiary/aromatic N) is 3. The molecule has 0 bridgehead atoms. The van der Waals surface area contributed by atoms with E-state index < -0.39 is 5.60 Å². The lowest BCUT2D eigenvalue weighted by molar-refractivity contribution is -0.132. The molecule has 2 fully saturated rings. The molecule has 0 radical (unpaired) electrons. The molecule has 1 atom stereocenters. The molecule has 1 unspecified atom stereocenters. The van der Waals surface area contributed by atoms with E-state index in [4.69, 9.17) is 9.47 Å². The average molecular weight is 392 g/mol. The molecule has 0 aromatic heterocycles. The standard InChI is InChI=1S/C21H33N3O4/c1-6-17(8-7-15-27-5)16-24-10-9-18(19(24)25)22-11-13-23(14-12-22)20(26)28-21(2,3)4/h6-8,15,18H,1,9-14,16H2,2-5H3. The van der Waals surface area contributed by atoms with E-state index in [2.05, 4.69) is 11.5 Å². The molecule has 0 aliphatic carbocycles. The van der Waals surface area contributed by atoms with Crippen molar-refractivity contribution in [1.29, 1.82) is 0 Å². The largest absolute Gasteiger partial charge is 0.504 e. The van der Waals surface area contributed by atoms with Crippen LogP contribution in [0.2, 0.25) is 0 Å². The number of piperazine rings is 1. The molecule has 0 saturated carbocycles. The molecule has 0 aromatic rings. The highest BCUT2D eigenvalue weighted by atomic mass is 16.6. The summed E-state index contributed by atoms with van der Waals surface area (Å²) in [5, 5.41) is 0. The fourth-order valence-electron chi connectivity index (χ4n) is 3.41. The van der Waals surface area contributed by atoms with Gasteiger partial charge in [0, 0.05) is 39.3 Å². The van der Waals surface area contributed by atoms with E-state index >= 15 is 0 Å². The Kier molecular flexibility index (Phi) is 7.69. The SMILES string of the molecule is C=CC(=CC=COC)CN1CCC(N2CCN(C(=O)OC(C)(C)C)CC2)C1=O. The van der Waals surface area contributed by atoms with E-state index in [1.54, 1.807) is 30.4 Å². The summed E-state index contributed by atoms with van der Waals surface area (Å²) >= 11 is 0. The van der Waals surface area contributed by atoms with Gasteiger partial charge in [0.1, 0.15) is 5.60 Å². The number of hydrogen-bond acceptors (Lipinski definition) is 5. The number of ether oxygens (including phenoxy) is 2. The smallest absolute Gasteiger partial charge is 0.410 e. The van der Waals surface area contributed by atoms with E-state index in [0.717, 1.165) is 18.5 Å². The van der Waals surface area contributed by atoms with Crippen LogP contribution in [0.25, 0.3) is 0 Å². The Morgan fingerprint density at radius 3 is 2.46 bits per heavy atom. The maximum atomic E-state index is 12.9. The highest BCUT2D eigenvalue weighted by Gasteiger charge is 2.38. The van der Waals surface area contributed by atoms with E-state index in [1.807, 2.05) is 31.7 Å². The zero-order valence-corrected chi connectivity index (χ0v) is 17.5. The van der Waals surface area contributed by atoms with Gasteiger partial charge in [0.2, 0.25) is 5.91 Å². The third-order valence-electron chi connectivity index (χ3n) is 4.84. The molecule has 2 heterocycles. The molecule has 2 saturated heterocycles. The van der Waals surface area contributed by atoms with Crippen LogP contribution in [0, 0.1) is 0 Å². The summed E-state index contributed by atoms with van der Waals surface area (Å²) in [6.45, 7) is 13.2. The van der Waals surface area contributed by atoms with E-state index in [9.17, 15) is 9.59 Å². The van der Waals surface area contributed by atoms with Crippen molar-refractivity contribution in [3.8, 4) is 0 Å². The van der Waals surface area contributed by atoms with Gasteiger partial charge in [-0.05, 0) is 38.8 Å². The van der Waals surface area contributed by atoms with Crippen molar-refractivity contribution in [2.45, 2.75) is 38.8 Å². The zero-order chi connectivity index (χ0) is 20.7. The van der Waals surface area contributed by atoms with Gasteiger partial charge in [-0.25, -0.2) is 4.79 Å². The minimum Gasteiger partial charge on any atom is -0.504 e. The molecule has 2 aliphatic heterocycles. The molecule has 2 aliphatic rings. The van der Waals surface area contributed by atoms with Crippen molar-refractivity contribution in [3.05, 3.63) is 36.6 Å².